The Balaban J connectivity index is 3.57. The van der Waals surface area contributed by atoms with Crippen LogP contribution in [0.5, 0.6) is 0 Å². The molecule has 0 rings (SSSR count). The second kappa shape index (κ2) is 23.4. The van der Waals surface area contributed by atoms with E-state index in [1.54, 1.807) is 0 Å². The molecule has 0 saturated carbocycles. The number of aliphatic hydroxyl groups is 4. The highest BCUT2D eigenvalue weighted by Crippen LogP contribution is 2.18. The van der Waals surface area contributed by atoms with Crippen LogP contribution in [0.25, 0.3) is 0 Å². The predicted molar refractivity (Wildman–Crippen MR) is 121 cm³/mol. The van der Waals surface area contributed by atoms with Crippen molar-refractivity contribution >= 4 is 0 Å². The van der Waals surface area contributed by atoms with E-state index in [0.29, 0.717) is 12.7 Å². The standard InChI is InChI=1S/C24H49O6/c1-2-3-4-5-6-7-8-9-10-11-12-13-14-15-16-17-24(29-20-22(27)18-25)30-21-23(28)19-26/h22-23,25-28H,2-21H2,1H3. The number of unbranched alkanes of at least 4 members (excludes halogenated alkanes) is 14. The summed E-state index contributed by atoms with van der Waals surface area (Å²) in [6, 6.07) is 0. The van der Waals surface area contributed by atoms with Crippen LogP contribution in [0.2, 0.25) is 0 Å². The van der Waals surface area contributed by atoms with Crippen molar-refractivity contribution in [1.82, 2.24) is 0 Å². The Morgan fingerprint density at radius 3 is 1.23 bits per heavy atom. The molecule has 0 saturated heterocycles. The molecular weight excluding hydrogens is 384 g/mol. The fraction of sp³-hybridized carbons (Fsp3) is 0.958. The molecule has 2 unspecified atom stereocenters. The Labute approximate surface area is 185 Å². The molecule has 0 aromatic rings. The Hall–Kier alpha value is -0.240. The van der Waals surface area contributed by atoms with E-state index in [9.17, 15) is 10.2 Å². The van der Waals surface area contributed by atoms with Crippen LogP contribution in [0.15, 0.2) is 0 Å². The minimum Gasteiger partial charge on any atom is -0.394 e. The smallest absolute Gasteiger partial charge is 0.223 e. The molecule has 0 heterocycles. The van der Waals surface area contributed by atoms with Gasteiger partial charge in [-0.2, -0.15) is 0 Å². The van der Waals surface area contributed by atoms with Crippen molar-refractivity contribution in [1.29, 1.82) is 0 Å². The van der Waals surface area contributed by atoms with Crippen molar-refractivity contribution in [2.75, 3.05) is 26.4 Å². The van der Waals surface area contributed by atoms with Gasteiger partial charge in [-0.1, -0.05) is 96.8 Å². The first kappa shape index (κ1) is 29.8. The summed E-state index contributed by atoms with van der Waals surface area (Å²) in [7, 11) is 0. The summed E-state index contributed by atoms with van der Waals surface area (Å²) < 4.78 is 10.8. The maximum atomic E-state index is 9.40. The summed E-state index contributed by atoms with van der Waals surface area (Å²) in [5.74, 6) is 0. The van der Waals surface area contributed by atoms with E-state index in [-0.39, 0.29) is 26.4 Å². The van der Waals surface area contributed by atoms with Crippen LogP contribution >= 0.6 is 0 Å². The van der Waals surface area contributed by atoms with Gasteiger partial charge < -0.3 is 29.9 Å². The molecule has 0 aromatic carbocycles. The lowest BCUT2D eigenvalue weighted by molar-refractivity contribution is -0.103. The summed E-state index contributed by atoms with van der Waals surface area (Å²) in [5, 5.41) is 36.5. The topological polar surface area (TPSA) is 99.4 Å². The molecule has 6 heteroatoms. The van der Waals surface area contributed by atoms with E-state index < -0.39 is 12.2 Å². The summed E-state index contributed by atoms with van der Waals surface area (Å²) in [6.07, 6.45) is 18.6. The molecule has 1 radical (unpaired) electrons. The Morgan fingerprint density at radius 1 is 0.567 bits per heavy atom. The highest BCUT2D eigenvalue weighted by atomic mass is 16.7. The lowest BCUT2D eigenvalue weighted by atomic mass is 10.0. The third-order valence-corrected chi connectivity index (χ3v) is 5.28. The number of rotatable bonds is 24. The zero-order valence-electron chi connectivity index (χ0n) is 19.4. The minimum absolute atomic E-state index is 0.0419. The second-order valence-electron chi connectivity index (χ2n) is 8.37. The molecule has 2 atom stereocenters. The Bertz CT molecular complexity index is 315. The van der Waals surface area contributed by atoms with E-state index in [1.807, 2.05) is 0 Å². The summed E-state index contributed by atoms with van der Waals surface area (Å²) in [6.45, 7) is 1.44. The van der Waals surface area contributed by atoms with E-state index in [2.05, 4.69) is 6.92 Å². The highest BCUT2D eigenvalue weighted by molar-refractivity contribution is 4.69. The lowest BCUT2D eigenvalue weighted by Crippen LogP contribution is -2.25. The van der Waals surface area contributed by atoms with Gasteiger partial charge in [-0.15, -0.1) is 0 Å². The first-order chi connectivity index (χ1) is 14.6. The molecule has 0 amide bonds. The molecule has 6 nitrogen and oxygen atoms in total. The molecule has 4 N–H and O–H groups in total. The maximum absolute atomic E-state index is 9.40. The average molecular weight is 434 g/mol. The normalized spacial score (nSPS) is 13.8. The maximum Gasteiger partial charge on any atom is 0.223 e. The van der Waals surface area contributed by atoms with Gasteiger partial charge >= 0.3 is 0 Å². The first-order valence-electron chi connectivity index (χ1n) is 12.3. The third-order valence-electron chi connectivity index (χ3n) is 5.28. The van der Waals surface area contributed by atoms with Gasteiger partial charge in [-0.25, -0.2) is 0 Å². The molecule has 0 spiro atoms. The Kier molecular flexibility index (Phi) is 23.2. The van der Waals surface area contributed by atoms with E-state index in [4.69, 9.17) is 19.7 Å². The minimum atomic E-state index is -0.951. The first-order valence-corrected chi connectivity index (χ1v) is 12.3. The van der Waals surface area contributed by atoms with Gasteiger partial charge in [0.25, 0.3) is 0 Å². The lowest BCUT2D eigenvalue weighted by Gasteiger charge is -2.19. The van der Waals surface area contributed by atoms with Crippen molar-refractivity contribution in [3.05, 3.63) is 6.29 Å². The van der Waals surface area contributed by atoms with Crippen LogP contribution in [0.1, 0.15) is 110 Å². The molecule has 0 aliphatic heterocycles. The van der Waals surface area contributed by atoms with E-state index in [0.717, 1.165) is 12.8 Å². The molecule has 0 aliphatic rings. The number of hydrogen-bond acceptors (Lipinski definition) is 6. The molecule has 0 aromatic heterocycles. The summed E-state index contributed by atoms with van der Waals surface area (Å²) in [4.78, 5) is 0. The number of ether oxygens (including phenoxy) is 2. The average Bonchev–Trinajstić information content (AvgIpc) is 2.76. The van der Waals surface area contributed by atoms with Crippen molar-refractivity contribution in [2.24, 2.45) is 0 Å². The quantitative estimate of drug-likeness (QED) is 0.168. The number of aliphatic hydroxyl groups excluding tert-OH is 4. The summed E-state index contributed by atoms with van der Waals surface area (Å²) in [5.41, 5.74) is 0. The zero-order chi connectivity index (χ0) is 22.3. The largest absolute Gasteiger partial charge is 0.394 e. The van der Waals surface area contributed by atoms with Gasteiger partial charge in [0.1, 0.15) is 12.2 Å². The highest BCUT2D eigenvalue weighted by Gasteiger charge is 2.16. The zero-order valence-corrected chi connectivity index (χ0v) is 19.4. The van der Waals surface area contributed by atoms with Crippen LogP contribution in [-0.2, 0) is 9.47 Å². The van der Waals surface area contributed by atoms with E-state index >= 15 is 0 Å². The molecule has 0 bridgehead atoms. The number of hydrogen-bond donors (Lipinski definition) is 4. The third kappa shape index (κ3) is 21.0. The fourth-order valence-corrected chi connectivity index (χ4v) is 3.31. The van der Waals surface area contributed by atoms with Crippen LogP contribution in [-0.4, -0.2) is 59.1 Å². The van der Waals surface area contributed by atoms with Gasteiger partial charge in [0, 0.05) is 6.42 Å². The van der Waals surface area contributed by atoms with Crippen molar-refractivity contribution in [2.45, 2.75) is 122 Å². The van der Waals surface area contributed by atoms with Crippen molar-refractivity contribution in [3.63, 3.8) is 0 Å². The molecule has 0 aliphatic carbocycles. The van der Waals surface area contributed by atoms with Gasteiger partial charge in [0.2, 0.25) is 6.29 Å². The van der Waals surface area contributed by atoms with Gasteiger partial charge in [-0.05, 0) is 6.42 Å². The molecule has 0 fully saturated rings. The van der Waals surface area contributed by atoms with Gasteiger partial charge in [-0.3, -0.25) is 0 Å². The second-order valence-corrected chi connectivity index (χ2v) is 8.37. The Morgan fingerprint density at radius 2 is 0.900 bits per heavy atom. The SMILES string of the molecule is CCCCCCCCCCCCCCCCC[C](OCC(O)CO)OCC(O)CO. The molecule has 181 valence electrons. The van der Waals surface area contributed by atoms with Crippen LogP contribution in [0, 0.1) is 6.29 Å². The van der Waals surface area contributed by atoms with Crippen molar-refractivity contribution in [3.8, 4) is 0 Å². The molecule has 30 heavy (non-hydrogen) atoms. The monoisotopic (exact) mass is 433 g/mol. The van der Waals surface area contributed by atoms with Crippen LogP contribution in [0.4, 0.5) is 0 Å². The predicted octanol–water partition coefficient (Wildman–Crippen LogP) is 4.48. The van der Waals surface area contributed by atoms with E-state index in [1.165, 1.54) is 83.5 Å². The van der Waals surface area contributed by atoms with Gasteiger partial charge in [0.15, 0.2) is 0 Å². The molecular formula is C24H49O6. The van der Waals surface area contributed by atoms with Crippen LogP contribution < -0.4 is 0 Å². The van der Waals surface area contributed by atoms with Gasteiger partial charge in [0.05, 0.1) is 26.4 Å². The van der Waals surface area contributed by atoms with Crippen LogP contribution in [0.3, 0.4) is 0 Å². The van der Waals surface area contributed by atoms with Crippen molar-refractivity contribution < 1.29 is 29.9 Å². The fourth-order valence-electron chi connectivity index (χ4n) is 3.31. The summed E-state index contributed by atoms with van der Waals surface area (Å²) >= 11 is 0.